The normalized spacial score (nSPS) is 13.5. The van der Waals surface area contributed by atoms with Crippen molar-refractivity contribution in [2.75, 3.05) is 7.11 Å². The van der Waals surface area contributed by atoms with Gasteiger partial charge in [-0.2, -0.15) is 0 Å². The first-order chi connectivity index (χ1) is 13.1. The first kappa shape index (κ1) is 23.2. The molecule has 0 aliphatic carbocycles. The number of rotatable bonds is 8. The average molecular weight is 390 g/mol. The molecule has 0 bridgehead atoms. The summed E-state index contributed by atoms with van der Waals surface area (Å²) in [5, 5.41) is 5.52. The average Bonchev–Trinajstić information content (AvgIpc) is 2.62. The zero-order valence-electron chi connectivity index (χ0n) is 17.2. The predicted octanol–water partition coefficient (Wildman–Crippen LogP) is 3.27. The Hall–Kier alpha value is -2.83. The Balaban J connectivity index is 2.70. The first-order valence-corrected chi connectivity index (χ1v) is 9.20. The molecule has 154 valence electrons. The van der Waals surface area contributed by atoms with E-state index in [0.29, 0.717) is 0 Å². The van der Waals surface area contributed by atoms with Crippen LogP contribution in [0.4, 0.5) is 4.79 Å². The van der Waals surface area contributed by atoms with Crippen LogP contribution in [0.2, 0.25) is 0 Å². The summed E-state index contributed by atoms with van der Waals surface area (Å²) in [6.07, 6.45) is 2.65. The number of benzene rings is 1. The molecule has 2 amide bonds. The van der Waals surface area contributed by atoms with Crippen LogP contribution in [-0.4, -0.2) is 36.7 Å². The predicted molar refractivity (Wildman–Crippen MR) is 107 cm³/mol. The Bertz CT molecular complexity index is 680. The van der Waals surface area contributed by atoms with Crippen molar-refractivity contribution in [1.29, 1.82) is 0 Å². The minimum Gasteiger partial charge on any atom is -0.469 e. The van der Waals surface area contributed by atoms with Gasteiger partial charge in [0.25, 0.3) is 0 Å². The second kappa shape index (κ2) is 11.1. The molecular formula is C21H30N2O5. The fourth-order valence-electron chi connectivity index (χ4n) is 2.34. The number of nitrogens with one attached hydrogen (secondary N) is 2. The van der Waals surface area contributed by atoms with Gasteiger partial charge in [0.15, 0.2) is 0 Å². The van der Waals surface area contributed by atoms with Gasteiger partial charge in [-0.15, -0.1) is 0 Å². The summed E-state index contributed by atoms with van der Waals surface area (Å²) in [7, 11) is 1.30. The van der Waals surface area contributed by atoms with Crippen molar-refractivity contribution < 1.29 is 23.9 Å². The van der Waals surface area contributed by atoms with Crippen LogP contribution < -0.4 is 10.6 Å². The molecular weight excluding hydrogens is 360 g/mol. The van der Waals surface area contributed by atoms with E-state index in [1.54, 1.807) is 26.8 Å². The lowest BCUT2D eigenvalue weighted by Crippen LogP contribution is -2.38. The van der Waals surface area contributed by atoms with E-state index < -0.39 is 23.7 Å². The zero-order valence-corrected chi connectivity index (χ0v) is 17.2. The molecule has 0 radical (unpaired) electrons. The molecule has 0 aliphatic rings. The SMILES string of the molecule is COC(=O)CC[C@@H](/C=C/C(=O)N[C@H](C)c1ccccc1)NC(=O)OC(C)(C)C. The van der Waals surface area contributed by atoms with Crippen LogP contribution >= 0.6 is 0 Å². The second-order valence-corrected chi connectivity index (χ2v) is 7.37. The third-order valence-electron chi connectivity index (χ3n) is 3.73. The summed E-state index contributed by atoms with van der Waals surface area (Å²) in [5.74, 6) is -0.697. The lowest BCUT2D eigenvalue weighted by molar-refractivity contribution is -0.140. The van der Waals surface area contributed by atoms with Gasteiger partial charge in [-0.3, -0.25) is 9.59 Å². The number of amides is 2. The van der Waals surface area contributed by atoms with E-state index >= 15 is 0 Å². The number of carbonyl (C=O) groups is 3. The van der Waals surface area contributed by atoms with Gasteiger partial charge in [-0.25, -0.2) is 4.79 Å². The molecule has 7 nitrogen and oxygen atoms in total. The van der Waals surface area contributed by atoms with Crippen molar-refractivity contribution in [1.82, 2.24) is 10.6 Å². The first-order valence-electron chi connectivity index (χ1n) is 9.20. The van der Waals surface area contributed by atoms with E-state index in [4.69, 9.17) is 4.74 Å². The van der Waals surface area contributed by atoms with Gasteiger partial charge >= 0.3 is 12.1 Å². The minimum atomic E-state index is -0.650. The lowest BCUT2D eigenvalue weighted by Gasteiger charge is -2.22. The molecule has 7 heteroatoms. The molecule has 0 heterocycles. The quantitative estimate of drug-likeness (QED) is 0.525. The summed E-state index contributed by atoms with van der Waals surface area (Å²) in [6, 6.07) is 8.86. The van der Waals surface area contributed by atoms with Gasteiger partial charge in [0.1, 0.15) is 5.60 Å². The number of carbonyl (C=O) groups excluding carboxylic acids is 3. The summed E-state index contributed by atoms with van der Waals surface area (Å²) in [6.45, 7) is 7.15. The maximum Gasteiger partial charge on any atom is 0.408 e. The maximum atomic E-state index is 12.2. The maximum absolute atomic E-state index is 12.2. The van der Waals surface area contributed by atoms with Gasteiger partial charge in [0, 0.05) is 12.5 Å². The highest BCUT2D eigenvalue weighted by atomic mass is 16.6. The Morgan fingerprint density at radius 1 is 1.11 bits per heavy atom. The topological polar surface area (TPSA) is 93.7 Å². The molecule has 28 heavy (non-hydrogen) atoms. The van der Waals surface area contributed by atoms with Gasteiger partial charge in [-0.1, -0.05) is 36.4 Å². The van der Waals surface area contributed by atoms with Crippen LogP contribution in [-0.2, 0) is 19.1 Å². The van der Waals surface area contributed by atoms with Gasteiger partial charge in [0.2, 0.25) is 5.91 Å². The Kier molecular flexibility index (Phi) is 9.21. The lowest BCUT2D eigenvalue weighted by atomic mass is 10.1. The number of methoxy groups -OCH3 is 1. The van der Waals surface area contributed by atoms with Crippen LogP contribution in [0.25, 0.3) is 0 Å². The van der Waals surface area contributed by atoms with E-state index in [1.165, 1.54) is 13.2 Å². The van der Waals surface area contributed by atoms with Crippen molar-refractivity contribution in [3.63, 3.8) is 0 Å². The highest BCUT2D eigenvalue weighted by Gasteiger charge is 2.19. The van der Waals surface area contributed by atoms with E-state index in [-0.39, 0.29) is 24.8 Å². The molecule has 0 aromatic heterocycles. The molecule has 1 rings (SSSR count). The number of esters is 1. The number of hydrogen-bond donors (Lipinski definition) is 2. The molecule has 2 atom stereocenters. The fourth-order valence-corrected chi connectivity index (χ4v) is 2.34. The minimum absolute atomic E-state index is 0.101. The van der Waals surface area contributed by atoms with Crippen LogP contribution in [0.15, 0.2) is 42.5 Å². The standard InChI is InChI=1S/C21H30N2O5/c1-15(16-9-7-6-8-10-16)22-18(24)13-11-17(12-14-19(25)27-5)23-20(26)28-21(2,3)4/h6-11,13,15,17H,12,14H2,1-5H3,(H,22,24)(H,23,26)/b13-11+/t15-,17-/m1/s1. The molecule has 0 spiro atoms. The molecule has 0 saturated heterocycles. The van der Waals surface area contributed by atoms with E-state index in [9.17, 15) is 14.4 Å². The summed E-state index contributed by atoms with van der Waals surface area (Å²) in [5.41, 5.74) is 0.335. The molecule has 1 aromatic rings. The molecule has 0 saturated carbocycles. The van der Waals surface area contributed by atoms with Crippen molar-refractivity contribution in [2.24, 2.45) is 0 Å². The fraction of sp³-hybridized carbons (Fsp3) is 0.476. The van der Waals surface area contributed by atoms with Crippen LogP contribution in [0.3, 0.4) is 0 Å². The van der Waals surface area contributed by atoms with Crippen molar-refractivity contribution in [3.05, 3.63) is 48.0 Å². The highest BCUT2D eigenvalue weighted by molar-refractivity contribution is 5.88. The van der Waals surface area contributed by atoms with Gasteiger partial charge < -0.3 is 20.1 Å². The van der Waals surface area contributed by atoms with Crippen molar-refractivity contribution in [3.8, 4) is 0 Å². The third kappa shape index (κ3) is 9.75. The number of ether oxygens (including phenoxy) is 2. The zero-order chi connectivity index (χ0) is 21.2. The summed E-state index contributed by atoms with van der Waals surface area (Å²) >= 11 is 0. The smallest absolute Gasteiger partial charge is 0.408 e. The summed E-state index contributed by atoms with van der Waals surface area (Å²) in [4.78, 5) is 35.6. The monoisotopic (exact) mass is 390 g/mol. The summed E-state index contributed by atoms with van der Waals surface area (Å²) < 4.78 is 9.86. The highest BCUT2D eigenvalue weighted by Crippen LogP contribution is 2.11. The number of hydrogen-bond acceptors (Lipinski definition) is 5. The van der Waals surface area contributed by atoms with Gasteiger partial charge in [0.05, 0.1) is 19.2 Å². The van der Waals surface area contributed by atoms with Gasteiger partial charge in [-0.05, 0) is 39.7 Å². The van der Waals surface area contributed by atoms with Crippen LogP contribution in [0, 0.1) is 0 Å². The van der Waals surface area contributed by atoms with Crippen molar-refractivity contribution in [2.45, 2.75) is 58.2 Å². The van der Waals surface area contributed by atoms with E-state index in [2.05, 4.69) is 15.4 Å². The Morgan fingerprint density at radius 3 is 2.32 bits per heavy atom. The number of alkyl carbamates (subject to hydrolysis) is 1. The van der Waals surface area contributed by atoms with E-state index in [0.717, 1.165) is 5.56 Å². The largest absolute Gasteiger partial charge is 0.469 e. The third-order valence-corrected chi connectivity index (χ3v) is 3.73. The van der Waals surface area contributed by atoms with Crippen LogP contribution in [0.1, 0.15) is 52.1 Å². The Morgan fingerprint density at radius 2 is 1.75 bits per heavy atom. The molecule has 0 unspecified atom stereocenters. The van der Waals surface area contributed by atoms with Crippen molar-refractivity contribution >= 4 is 18.0 Å². The molecule has 1 aromatic carbocycles. The van der Waals surface area contributed by atoms with Crippen LogP contribution in [0.5, 0.6) is 0 Å². The van der Waals surface area contributed by atoms with E-state index in [1.807, 2.05) is 37.3 Å². The molecule has 0 aliphatic heterocycles. The molecule has 0 fully saturated rings. The molecule has 2 N–H and O–H groups in total. The Labute approximate surface area is 166 Å². The second-order valence-electron chi connectivity index (χ2n) is 7.37.